The normalized spacial score (nSPS) is 11.7. The number of hydrogen-bond donors (Lipinski definition) is 0. The van der Waals surface area contributed by atoms with Crippen LogP contribution in [0.3, 0.4) is 0 Å². The Morgan fingerprint density at radius 3 is 2.64 bits per heavy atom. The standard InChI is InChI=1S/C7H11NO3/c1-10-6(3-4-8)5-7(9)11-2/h6H,3,5H2,1-2H3. The lowest BCUT2D eigenvalue weighted by Gasteiger charge is -2.08. The number of methoxy groups -OCH3 is 2. The minimum atomic E-state index is -0.355. The Hall–Kier alpha value is -1.08. The molecule has 0 aromatic heterocycles. The first-order chi connectivity index (χ1) is 5.24. The second-order valence-electron chi connectivity index (χ2n) is 2.00. The highest BCUT2D eigenvalue weighted by molar-refractivity contribution is 5.69. The second-order valence-corrected chi connectivity index (χ2v) is 2.00. The molecular formula is C7H11NO3. The van der Waals surface area contributed by atoms with Gasteiger partial charge in [0, 0.05) is 7.11 Å². The van der Waals surface area contributed by atoms with Gasteiger partial charge in [0.1, 0.15) is 0 Å². The Kier molecular flexibility index (Phi) is 5.13. The first kappa shape index (κ1) is 9.92. The van der Waals surface area contributed by atoms with Crippen LogP contribution in [0, 0.1) is 11.3 Å². The predicted molar refractivity (Wildman–Crippen MR) is 37.7 cm³/mol. The van der Waals surface area contributed by atoms with E-state index in [2.05, 4.69) is 4.74 Å². The van der Waals surface area contributed by atoms with E-state index < -0.39 is 0 Å². The molecule has 4 nitrogen and oxygen atoms in total. The molecule has 0 amide bonds. The van der Waals surface area contributed by atoms with E-state index in [1.807, 2.05) is 6.07 Å². The first-order valence-electron chi connectivity index (χ1n) is 3.21. The lowest BCUT2D eigenvalue weighted by molar-refractivity contribution is -0.143. The molecule has 0 bridgehead atoms. The lowest BCUT2D eigenvalue weighted by Crippen LogP contribution is -2.16. The summed E-state index contributed by atoms with van der Waals surface area (Å²) in [4.78, 5) is 10.6. The summed E-state index contributed by atoms with van der Waals surface area (Å²) in [6.45, 7) is 0. The maximum Gasteiger partial charge on any atom is 0.308 e. The maximum atomic E-state index is 10.6. The van der Waals surface area contributed by atoms with Crippen LogP contribution in [0.5, 0.6) is 0 Å². The van der Waals surface area contributed by atoms with E-state index in [-0.39, 0.29) is 24.9 Å². The highest BCUT2D eigenvalue weighted by Crippen LogP contribution is 2.02. The van der Waals surface area contributed by atoms with Crippen LogP contribution in [0.4, 0.5) is 0 Å². The number of nitriles is 1. The second kappa shape index (κ2) is 5.69. The zero-order chi connectivity index (χ0) is 8.69. The predicted octanol–water partition coefficient (Wildman–Crippen LogP) is 0.478. The number of nitrogens with zero attached hydrogens (tertiary/aromatic N) is 1. The molecule has 1 unspecified atom stereocenters. The van der Waals surface area contributed by atoms with Gasteiger partial charge in [0.25, 0.3) is 0 Å². The summed E-state index contributed by atoms with van der Waals surface area (Å²) in [6, 6.07) is 1.92. The van der Waals surface area contributed by atoms with Crippen molar-refractivity contribution in [1.29, 1.82) is 5.26 Å². The average molecular weight is 157 g/mol. The highest BCUT2D eigenvalue weighted by Gasteiger charge is 2.12. The molecule has 0 fully saturated rings. The van der Waals surface area contributed by atoms with Crippen molar-refractivity contribution in [2.75, 3.05) is 14.2 Å². The Labute approximate surface area is 65.7 Å². The SMILES string of the molecule is COC(=O)CC(CC#N)OC. The maximum absolute atomic E-state index is 10.6. The van der Waals surface area contributed by atoms with Crippen molar-refractivity contribution in [3.63, 3.8) is 0 Å². The van der Waals surface area contributed by atoms with Crippen molar-refractivity contribution in [2.45, 2.75) is 18.9 Å². The molecule has 0 radical (unpaired) electrons. The molecule has 0 aromatic carbocycles. The lowest BCUT2D eigenvalue weighted by atomic mass is 10.2. The fourth-order valence-corrected chi connectivity index (χ4v) is 0.610. The smallest absolute Gasteiger partial charge is 0.308 e. The molecule has 0 aliphatic carbocycles. The zero-order valence-corrected chi connectivity index (χ0v) is 6.66. The van der Waals surface area contributed by atoms with Crippen LogP contribution in [0.15, 0.2) is 0 Å². The van der Waals surface area contributed by atoms with Crippen molar-refractivity contribution in [3.8, 4) is 6.07 Å². The van der Waals surface area contributed by atoms with Gasteiger partial charge in [0.05, 0.1) is 32.1 Å². The van der Waals surface area contributed by atoms with Gasteiger partial charge in [-0.25, -0.2) is 0 Å². The molecule has 4 heteroatoms. The summed E-state index contributed by atoms with van der Waals surface area (Å²) >= 11 is 0. The van der Waals surface area contributed by atoms with E-state index in [0.717, 1.165) is 0 Å². The van der Waals surface area contributed by atoms with Crippen LogP contribution in [-0.2, 0) is 14.3 Å². The molecule has 0 heterocycles. The quantitative estimate of drug-likeness (QED) is 0.557. The van der Waals surface area contributed by atoms with Gasteiger partial charge in [-0.05, 0) is 0 Å². The summed E-state index contributed by atoms with van der Waals surface area (Å²) < 4.78 is 9.24. The molecule has 0 saturated carbocycles. The van der Waals surface area contributed by atoms with Gasteiger partial charge in [-0.3, -0.25) is 4.79 Å². The molecular weight excluding hydrogens is 146 g/mol. The third kappa shape index (κ3) is 4.34. The zero-order valence-electron chi connectivity index (χ0n) is 6.66. The summed E-state index contributed by atoms with van der Waals surface area (Å²) in [6.07, 6.45) is 0.0130. The largest absolute Gasteiger partial charge is 0.469 e. The molecule has 62 valence electrons. The third-order valence-electron chi connectivity index (χ3n) is 1.27. The number of carbonyl (C=O) groups is 1. The molecule has 1 atom stereocenters. The van der Waals surface area contributed by atoms with Crippen molar-refractivity contribution in [1.82, 2.24) is 0 Å². The van der Waals surface area contributed by atoms with E-state index >= 15 is 0 Å². The molecule has 0 aromatic rings. The van der Waals surface area contributed by atoms with Crippen LogP contribution >= 0.6 is 0 Å². The summed E-state index contributed by atoms with van der Waals surface area (Å²) in [5.74, 6) is -0.355. The number of hydrogen-bond acceptors (Lipinski definition) is 4. The van der Waals surface area contributed by atoms with Crippen molar-refractivity contribution in [2.24, 2.45) is 0 Å². The molecule has 0 N–H and O–H groups in total. The molecule has 0 spiro atoms. The van der Waals surface area contributed by atoms with Crippen molar-refractivity contribution >= 4 is 5.97 Å². The number of carbonyl (C=O) groups excluding carboxylic acids is 1. The van der Waals surface area contributed by atoms with Gasteiger partial charge in [-0.15, -0.1) is 0 Å². The third-order valence-corrected chi connectivity index (χ3v) is 1.27. The van der Waals surface area contributed by atoms with Crippen LogP contribution in [0.1, 0.15) is 12.8 Å². The number of ether oxygens (including phenoxy) is 2. The molecule has 0 aliphatic rings. The minimum Gasteiger partial charge on any atom is -0.469 e. The van der Waals surface area contributed by atoms with Crippen molar-refractivity contribution < 1.29 is 14.3 Å². The van der Waals surface area contributed by atoms with Gasteiger partial charge in [0.15, 0.2) is 0 Å². The Balaban J connectivity index is 3.70. The van der Waals surface area contributed by atoms with Gasteiger partial charge in [0.2, 0.25) is 0 Å². The van der Waals surface area contributed by atoms with E-state index in [0.29, 0.717) is 0 Å². The van der Waals surface area contributed by atoms with Crippen LogP contribution in [0.2, 0.25) is 0 Å². The number of esters is 1. The van der Waals surface area contributed by atoms with Gasteiger partial charge in [-0.2, -0.15) is 5.26 Å². The minimum absolute atomic E-state index is 0.139. The summed E-state index contributed by atoms with van der Waals surface area (Å²) in [5, 5.41) is 8.27. The monoisotopic (exact) mass is 157 g/mol. The molecule has 0 saturated heterocycles. The molecule has 11 heavy (non-hydrogen) atoms. The topological polar surface area (TPSA) is 59.3 Å². The summed E-state index contributed by atoms with van der Waals surface area (Å²) in [7, 11) is 2.77. The van der Waals surface area contributed by atoms with Gasteiger partial charge < -0.3 is 9.47 Å². The van der Waals surface area contributed by atoms with Gasteiger partial charge >= 0.3 is 5.97 Å². The van der Waals surface area contributed by atoms with E-state index in [9.17, 15) is 4.79 Å². The first-order valence-corrected chi connectivity index (χ1v) is 3.21. The molecule has 0 aliphatic heterocycles. The van der Waals surface area contributed by atoms with Crippen LogP contribution < -0.4 is 0 Å². The van der Waals surface area contributed by atoms with Crippen molar-refractivity contribution in [3.05, 3.63) is 0 Å². The average Bonchev–Trinajstić information content (AvgIpc) is 2.03. The van der Waals surface area contributed by atoms with Crippen LogP contribution in [0.25, 0.3) is 0 Å². The fraction of sp³-hybridized carbons (Fsp3) is 0.714. The molecule has 0 rings (SSSR count). The summed E-state index contributed by atoms with van der Waals surface area (Å²) in [5.41, 5.74) is 0. The fourth-order valence-electron chi connectivity index (χ4n) is 0.610. The number of rotatable bonds is 4. The van der Waals surface area contributed by atoms with Crippen LogP contribution in [-0.4, -0.2) is 26.3 Å². The van der Waals surface area contributed by atoms with E-state index in [4.69, 9.17) is 10.00 Å². The van der Waals surface area contributed by atoms with E-state index in [1.54, 1.807) is 0 Å². The Morgan fingerprint density at radius 1 is 1.64 bits per heavy atom. The van der Waals surface area contributed by atoms with Gasteiger partial charge in [-0.1, -0.05) is 0 Å². The Morgan fingerprint density at radius 2 is 2.27 bits per heavy atom. The highest BCUT2D eigenvalue weighted by atomic mass is 16.5. The Bertz CT molecular complexity index is 162. The van der Waals surface area contributed by atoms with E-state index in [1.165, 1.54) is 14.2 Å².